The molecule has 1 amide bonds. The van der Waals surface area contributed by atoms with Gasteiger partial charge in [-0.2, -0.15) is 5.10 Å². The number of halogens is 2. The fourth-order valence-electron chi connectivity index (χ4n) is 2.50. The molecule has 0 radical (unpaired) electrons. The Labute approximate surface area is 136 Å². The summed E-state index contributed by atoms with van der Waals surface area (Å²) in [4.78, 5) is 24.5. The molecule has 0 atom stereocenters. The van der Waals surface area contributed by atoms with Gasteiger partial charge in [-0.05, 0) is 12.1 Å². The Morgan fingerprint density at radius 2 is 2.14 bits per heavy atom. The number of rotatable bonds is 2. The third-order valence-corrected chi connectivity index (χ3v) is 4.36. The normalized spacial score (nSPS) is 14.0. The summed E-state index contributed by atoms with van der Waals surface area (Å²) in [6.45, 7) is 1.98. The van der Waals surface area contributed by atoms with Crippen LogP contribution in [-0.2, 0) is 27.3 Å². The molecule has 0 spiro atoms. The van der Waals surface area contributed by atoms with Gasteiger partial charge in [0.2, 0.25) is 0 Å². The van der Waals surface area contributed by atoms with Crippen LogP contribution in [0, 0.1) is 0 Å². The molecule has 6 nitrogen and oxygen atoms in total. The topological polar surface area (TPSA) is 63.9 Å². The van der Waals surface area contributed by atoms with Gasteiger partial charge in [-0.15, -0.1) is 0 Å². The molecule has 0 bridgehead atoms. The number of ether oxygens (including phenoxy) is 1. The molecule has 3 heterocycles. The van der Waals surface area contributed by atoms with E-state index in [2.05, 4.69) is 5.10 Å². The lowest BCUT2D eigenvalue weighted by atomic mass is 10.1. The molecule has 0 fully saturated rings. The van der Waals surface area contributed by atoms with Gasteiger partial charge in [-0.25, -0.2) is 4.52 Å². The summed E-state index contributed by atoms with van der Waals surface area (Å²) in [7, 11) is 0. The first-order chi connectivity index (χ1) is 10.5. The second-order valence-corrected chi connectivity index (χ2v) is 5.81. The molecular formula is C14H13Cl2N3O3. The quantitative estimate of drug-likeness (QED) is 0.619. The zero-order chi connectivity index (χ0) is 15.9. The second kappa shape index (κ2) is 5.78. The van der Waals surface area contributed by atoms with Crippen molar-refractivity contribution >= 4 is 40.6 Å². The molecule has 0 aliphatic carbocycles. The van der Waals surface area contributed by atoms with E-state index in [1.807, 2.05) is 6.07 Å². The Bertz CT molecular complexity index is 772. The fraction of sp³-hybridized carbons (Fsp3) is 0.357. The van der Waals surface area contributed by atoms with Crippen LogP contribution in [0.25, 0.3) is 5.52 Å². The summed E-state index contributed by atoms with van der Waals surface area (Å²) in [5.74, 6) is -0.691. The number of aromatic nitrogens is 2. The third-order valence-electron chi connectivity index (χ3n) is 3.60. The monoisotopic (exact) mass is 341 g/mol. The summed E-state index contributed by atoms with van der Waals surface area (Å²) in [5.41, 5.74) is 2.68. The van der Waals surface area contributed by atoms with Gasteiger partial charge in [0, 0.05) is 32.0 Å². The van der Waals surface area contributed by atoms with Crippen LogP contribution in [0.4, 0.5) is 0 Å². The number of nitrogens with zero attached hydrogens (tertiary/aromatic N) is 3. The number of hydrogen-bond acceptors (Lipinski definition) is 4. The number of carbonyl (C=O) groups excluding carboxylic acids is 2. The van der Waals surface area contributed by atoms with E-state index in [9.17, 15) is 9.59 Å². The van der Waals surface area contributed by atoms with Crippen molar-refractivity contribution in [3.05, 3.63) is 33.6 Å². The average Bonchev–Trinajstić information content (AvgIpc) is 2.87. The first-order valence-corrected chi connectivity index (χ1v) is 7.48. The van der Waals surface area contributed by atoms with E-state index in [0.717, 1.165) is 16.8 Å². The third kappa shape index (κ3) is 2.64. The van der Waals surface area contributed by atoms with E-state index in [0.29, 0.717) is 29.7 Å². The summed E-state index contributed by atoms with van der Waals surface area (Å²) in [5, 5.41) is 5.24. The molecule has 22 heavy (non-hydrogen) atoms. The van der Waals surface area contributed by atoms with Crippen molar-refractivity contribution in [3.63, 3.8) is 0 Å². The summed E-state index contributed by atoms with van der Waals surface area (Å²) in [6, 6.07) is 3.54. The van der Waals surface area contributed by atoms with Crippen molar-refractivity contribution < 1.29 is 14.3 Å². The van der Waals surface area contributed by atoms with Crippen LogP contribution in [-0.4, -0.2) is 39.5 Å². The number of hydrogen-bond donors (Lipinski definition) is 0. The van der Waals surface area contributed by atoms with Crippen molar-refractivity contribution in [2.75, 3.05) is 13.2 Å². The molecule has 0 saturated heterocycles. The number of esters is 1. The van der Waals surface area contributed by atoms with Gasteiger partial charge in [-0.3, -0.25) is 9.59 Å². The van der Waals surface area contributed by atoms with Gasteiger partial charge in [0.05, 0.1) is 16.2 Å². The highest BCUT2D eigenvalue weighted by atomic mass is 35.5. The van der Waals surface area contributed by atoms with Crippen molar-refractivity contribution in [2.24, 2.45) is 0 Å². The Morgan fingerprint density at radius 3 is 2.86 bits per heavy atom. The van der Waals surface area contributed by atoms with Gasteiger partial charge >= 0.3 is 5.97 Å². The van der Waals surface area contributed by atoms with Crippen LogP contribution in [0.2, 0.25) is 10.2 Å². The van der Waals surface area contributed by atoms with Crippen LogP contribution >= 0.6 is 23.2 Å². The zero-order valence-electron chi connectivity index (χ0n) is 11.8. The maximum Gasteiger partial charge on any atom is 0.303 e. The molecule has 2 aromatic heterocycles. The van der Waals surface area contributed by atoms with Crippen LogP contribution in [0.3, 0.4) is 0 Å². The maximum absolute atomic E-state index is 12.1. The minimum atomic E-state index is -0.469. The summed E-state index contributed by atoms with van der Waals surface area (Å²) in [6.07, 6.45) is 0.622. The Hall–Kier alpha value is -1.79. The van der Waals surface area contributed by atoms with Gasteiger partial charge in [0.25, 0.3) is 5.91 Å². The van der Waals surface area contributed by atoms with E-state index >= 15 is 0 Å². The molecule has 1 aliphatic heterocycles. The molecule has 0 aromatic carbocycles. The largest absolute Gasteiger partial charge is 0.456 e. The minimum Gasteiger partial charge on any atom is -0.456 e. The number of fused-ring (bicyclic) bond motifs is 3. The minimum absolute atomic E-state index is 0.222. The van der Waals surface area contributed by atoms with E-state index in [-0.39, 0.29) is 12.5 Å². The molecule has 2 aromatic rings. The van der Waals surface area contributed by atoms with Crippen molar-refractivity contribution in [1.29, 1.82) is 0 Å². The zero-order valence-corrected chi connectivity index (χ0v) is 13.3. The predicted molar refractivity (Wildman–Crippen MR) is 81.0 cm³/mol. The summed E-state index contributed by atoms with van der Waals surface area (Å²) < 4.78 is 6.35. The second-order valence-electron chi connectivity index (χ2n) is 5.04. The highest BCUT2D eigenvalue weighted by molar-refractivity contribution is 6.41. The van der Waals surface area contributed by atoms with Crippen molar-refractivity contribution in [1.82, 2.24) is 14.5 Å². The Kier molecular flexibility index (Phi) is 3.97. The van der Waals surface area contributed by atoms with Crippen LogP contribution in [0.1, 0.15) is 18.2 Å². The standard InChI is InChI=1S/C14H13Cl2N3O3/c1-8(20)22-7-13(21)18-5-4-11-9(6-18)12-3-2-10(15)14(16)19(12)17-11/h2-3H,4-7H2,1H3. The molecule has 8 heteroatoms. The van der Waals surface area contributed by atoms with E-state index in [1.165, 1.54) is 6.92 Å². The number of carbonyl (C=O) groups is 2. The molecule has 0 N–H and O–H groups in total. The molecule has 1 aliphatic rings. The Morgan fingerprint density at radius 1 is 1.36 bits per heavy atom. The first kappa shape index (κ1) is 15.1. The predicted octanol–water partition coefficient (Wildman–Crippen LogP) is 2.09. The molecule has 3 rings (SSSR count). The lowest BCUT2D eigenvalue weighted by molar-refractivity contribution is -0.150. The SMILES string of the molecule is CC(=O)OCC(=O)N1CCc2nn3c(Cl)c(Cl)ccc3c2C1. The lowest BCUT2D eigenvalue weighted by Crippen LogP contribution is -2.38. The smallest absolute Gasteiger partial charge is 0.303 e. The maximum atomic E-state index is 12.1. The summed E-state index contributed by atoms with van der Waals surface area (Å²) >= 11 is 12.2. The highest BCUT2D eigenvalue weighted by Crippen LogP contribution is 2.29. The van der Waals surface area contributed by atoms with Gasteiger partial charge in [0.1, 0.15) is 5.15 Å². The van der Waals surface area contributed by atoms with Gasteiger partial charge < -0.3 is 9.64 Å². The van der Waals surface area contributed by atoms with E-state index in [1.54, 1.807) is 15.5 Å². The van der Waals surface area contributed by atoms with Crippen LogP contribution < -0.4 is 0 Å². The van der Waals surface area contributed by atoms with Gasteiger partial charge in [-0.1, -0.05) is 23.2 Å². The van der Waals surface area contributed by atoms with E-state index < -0.39 is 5.97 Å². The van der Waals surface area contributed by atoms with Crippen LogP contribution in [0.15, 0.2) is 12.1 Å². The van der Waals surface area contributed by atoms with Crippen molar-refractivity contribution in [3.8, 4) is 0 Å². The highest BCUT2D eigenvalue weighted by Gasteiger charge is 2.26. The number of pyridine rings is 1. The average molecular weight is 342 g/mol. The van der Waals surface area contributed by atoms with Crippen LogP contribution in [0.5, 0.6) is 0 Å². The lowest BCUT2D eigenvalue weighted by Gasteiger charge is -2.26. The molecular weight excluding hydrogens is 329 g/mol. The first-order valence-electron chi connectivity index (χ1n) is 6.73. The van der Waals surface area contributed by atoms with E-state index in [4.69, 9.17) is 27.9 Å². The fourth-order valence-corrected chi connectivity index (χ4v) is 2.84. The number of amides is 1. The van der Waals surface area contributed by atoms with Crippen molar-refractivity contribution in [2.45, 2.75) is 19.9 Å². The van der Waals surface area contributed by atoms with Gasteiger partial charge in [0.15, 0.2) is 6.61 Å². The Balaban J connectivity index is 1.88. The molecule has 116 valence electrons. The molecule has 0 saturated carbocycles. The molecule has 0 unspecified atom stereocenters.